The molecule has 1 aliphatic heterocycles. The monoisotopic (exact) mass is 445 g/mol. The summed E-state index contributed by atoms with van der Waals surface area (Å²) in [6.45, 7) is 2.43. The molecule has 0 bridgehead atoms. The van der Waals surface area contributed by atoms with Crippen molar-refractivity contribution in [3.05, 3.63) is 83.0 Å². The van der Waals surface area contributed by atoms with Crippen LogP contribution in [0.25, 0.3) is 11.3 Å². The summed E-state index contributed by atoms with van der Waals surface area (Å²) in [6.07, 6.45) is -3.66. The first-order valence-corrected chi connectivity index (χ1v) is 10.1. The van der Waals surface area contributed by atoms with Crippen LogP contribution in [0.15, 0.2) is 66.9 Å². The van der Waals surface area contributed by atoms with E-state index in [9.17, 15) is 18.0 Å². The first-order chi connectivity index (χ1) is 14.8. The Morgan fingerprint density at radius 2 is 1.58 bits per heavy atom. The second-order valence-corrected chi connectivity index (χ2v) is 7.67. The maximum Gasteiger partial charge on any atom is 0.417 e. The van der Waals surface area contributed by atoms with Gasteiger partial charge in [0.05, 0.1) is 11.3 Å². The van der Waals surface area contributed by atoms with Crippen molar-refractivity contribution >= 4 is 23.2 Å². The zero-order valence-corrected chi connectivity index (χ0v) is 17.2. The summed E-state index contributed by atoms with van der Waals surface area (Å²) in [5.74, 6) is -0.159. The molecule has 0 unspecified atom stereocenters. The van der Waals surface area contributed by atoms with Crippen molar-refractivity contribution < 1.29 is 18.0 Å². The SMILES string of the molecule is O=C(c1ccccc1-c1ccc(C(F)(F)F)cn1)N1CCN(c2ccc(Cl)cc2)CC1. The zero-order valence-electron chi connectivity index (χ0n) is 16.4. The standard InChI is InChI=1S/C23H19ClF3N3O/c24-17-6-8-18(9-7-17)29-11-13-30(14-12-29)22(31)20-4-2-1-3-19(20)21-10-5-16(15-28-21)23(25,26)27/h1-10,15H,11-14H2. The van der Waals surface area contributed by atoms with E-state index < -0.39 is 11.7 Å². The lowest BCUT2D eigenvalue weighted by atomic mass is 10.0. The molecule has 0 spiro atoms. The van der Waals surface area contributed by atoms with E-state index >= 15 is 0 Å². The fraction of sp³-hybridized carbons (Fsp3) is 0.217. The molecule has 1 fully saturated rings. The molecule has 8 heteroatoms. The molecule has 3 aromatic rings. The molecular formula is C23H19ClF3N3O. The number of hydrogen-bond acceptors (Lipinski definition) is 3. The second-order valence-electron chi connectivity index (χ2n) is 7.23. The van der Waals surface area contributed by atoms with Gasteiger partial charge in [-0.1, -0.05) is 29.8 Å². The smallest absolute Gasteiger partial charge is 0.368 e. The lowest BCUT2D eigenvalue weighted by Gasteiger charge is -2.36. The first-order valence-electron chi connectivity index (χ1n) is 9.75. The van der Waals surface area contributed by atoms with Gasteiger partial charge in [-0.25, -0.2) is 0 Å². The largest absolute Gasteiger partial charge is 0.417 e. The summed E-state index contributed by atoms with van der Waals surface area (Å²) in [5.41, 5.74) is 1.50. The summed E-state index contributed by atoms with van der Waals surface area (Å²) in [4.78, 5) is 21.1. The van der Waals surface area contributed by atoms with Crippen LogP contribution >= 0.6 is 11.6 Å². The minimum Gasteiger partial charge on any atom is -0.368 e. The number of carbonyl (C=O) groups excluding carboxylic acids is 1. The molecule has 2 aromatic carbocycles. The molecular weight excluding hydrogens is 427 g/mol. The molecule has 0 atom stereocenters. The van der Waals surface area contributed by atoms with Gasteiger partial charge in [0.1, 0.15) is 0 Å². The van der Waals surface area contributed by atoms with E-state index in [0.29, 0.717) is 48.0 Å². The molecule has 0 N–H and O–H groups in total. The van der Waals surface area contributed by atoms with E-state index in [1.165, 1.54) is 6.07 Å². The van der Waals surface area contributed by atoms with Crippen LogP contribution in [0.5, 0.6) is 0 Å². The Morgan fingerprint density at radius 3 is 2.19 bits per heavy atom. The van der Waals surface area contributed by atoms with Crippen LogP contribution in [0.4, 0.5) is 18.9 Å². The number of rotatable bonds is 3. The van der Waals surface area contributed by atoms with Crippen molar-refractivity contribution in [2.75, 3.05) is 31.1 Å². The van der Waals surface area contributed by atoms with Crippen LogP contribution in [-0.4, -0.2) is 42.0 Å². The topological polar surface area (TPSA) is 36.4 Å². The number of benzene rings is 2. The number of anilines is 1. The van der Waals surface area contributed by atoms with Crippen molar-refractivity contribution in [3.63, 3.8) is 0 Å². The van der Waals surface area contributed by atoms with Crippen LogP contribution in [0.2, 0.25) is 5.02 Å². The number of amides is 1. The predicted molar refractivity (Wildman–Crippen MR) is 114 cm³/mol. The van der Waals surface area contributed by atoms with Gasteiger partial charge in [-0.2, -0.15) is 13.2 Å². The van der Waals surface area contributed by atoms with Crippen LogP contribution in [0.3, 0.4) is 0 Å². The number of carbonyl (C=O) groups is 1. The minimum absolute atomic E-state index is 0.159. The molecule has 1 aromatic heterocycles. The van der Waals surface area contributed by atoms with E-state index in [-0.39, 0.29) is 5.91 Å². The molecule has 1 amide bonds. The van der Waals surface area contributed by atoms with Gasteiger partial charge in [-0.05, 0) is 42.5 Å². The normalized spacial score (nSPS) is 14.6. The van der Waals surface area contributed by atoms with Crippen molar-refractivity contribution in [2.45, 2.75) is 6.18 Å². The number of nitrogens with zero attached hydrogens (tertiary/aromatic N) is 3. The van der Waals surface area contributed by atoms with E-state index in [4.69, 9.17) is 11.6 Å². The third-order valence-electron chi connectivity index (χ3n) is 5.28. The molecule has 2 heterocycles. The Morgan fingerprint density at radius 1 is 0.903 bits per heavy atom. The van der Waals surface area contributed by atoms with Crippen LogP contribution in [0, 0.1) is 0 Å². The fourth-order valence-corrected chi connectivity index (χ4v) is 3.73. The highest BCUT2D eigenvalue weighted by molar-refractivity contribution is 6.30. The maximum atomic E-state index is 13.2. The van der Waals surface area contributed by atoms with Gasteiger partial charge >= 0.3 is 6.18 Å². The lowest BCUT2D eigenvalue weighted by Crippen LogP contribution is -2.48. The average molecular weight is 446 g/mol. The van der Waals surface area contributed by atoms with Gasteiger partial charge in [0.25, 0.3) is 5.91 Å². The third kappa shape index (κ3) is 4.66. The first kappa shape index (κ1) is 21.2. The number of hydrogen-bond donors (Lipinski definition) is 0. The molecule has 1 saturated heterocycles. The van der Waals surface area contributed by atoms with Crippen molar-refractivity contribution in [1.82, 2.24) is 9.88 Å². The molecule has 0 aliphatic carbocycles. The van der Waals surface area contributed by atoms with Gasteiger partial charge in [0.15, 0.2) is 0 Å². The van der Waals surface area contributed by atoms with Crippen molar-refractivity contribution in [1.29, 1.82) is 0 Å². The van der Waals surface area contributed by atoms with Gasteiger partial charge < -0.3 is 9.80 Å². The summed E-state index contributed by atoms with van der Waals surface area (Å²) in [7, 11) is 0. The summed E-state index contributed by atoms with van der Waals surface area (Å²) < 4.78 is 38.5. The molecule has 4 nitrogen and oxygen atoms in total. The zero-order chi connectivity index (χ0) is 22.0. The number of pyridine rings is 1. The average Bonchev–Trinajstić information content (AvgIpc) is 2.79. The quantitative estimate of drug-likeness (QED) is 0.543. The van der Waals surface area contributed by atoms with E-state index in [1.54, 1.807) is 29.2 Å². The lowest BCUT2D eigenvalue weighted by molar-refractivity contribution is -0.137. The van der Waals surface area contributed by atoms with Gasteiger partial charge in [0.2, 0.25) is 0 Å². The second kappa shape index (κ2) is 8.59. The van der Waals surface area contributed by atoms with Crippen molar-refractivity contribution in [2.24, 2.45) is 0 Å². The van der Waals surface area contributed by atoms with E-state index in [1.807, 2.05) is 24.3 Å². The molecule has 0 radical (unpaired) electrons. The Bertz CT molecular complexity index is 1060. The summed E-state index contributed by atoms with van der Waals surface area (Å²) in [6, 6.07) is 16.7. The molecule has 4 rings (SSSR count). The molecule has 0 saturated carbocycles. The summed E-state index contributed by atoms with van der Waals surface area (Å²) in [5, 5.41) is 0.672. The Kier molecular flexibility index (Phi) is 5.87. The Labute approximate surface area is 182 Å². The maximum absolute atomic E-state index is 13.2. The van der Waals surface area contributed by atoms with Crippen LogP contribution in [-0.2, 0) is 6.18 Å². The molecule has 31 heavy (non-hydrogen) atoms. The van der Waals surface area contributed by atoms with Crippen LogP contribution < -0.4 is 4.90 Å². The predicted octanol–water partition coefficient (Wildman–Crippen LogP) is 5.38. The molecule has 1 aliphatic rings. The Balaban J connectivity index is 1.50. The molecule has 160 valence electrons. The van der Waals surface area contributed by atoms with Crippen LogP contribution in [0.1, 0.15) is 15.9 Å². The minimum atomic E-state index is -4.45. The number of piperazine rings is 1. The van der Waals surface area contributed by atoms with E-state index in [0.717, 1.165) is 18.0 Å². The highest BCUT2D eigenvalue weighted by Crippen LogP contribution is 2.31. The highest BCUT2D eigenvalue weighted by Gasteiger charge is 2.31. The number of halogens is 4. The summed E-state index contributed by atoms with van der Waals surface area (Å²) >= 11 is 5.95. The highest BCUT2D eigenvalue weighted by atomic mass is 35.5. The van der Waals surface area contributed by atoms with Crippen molar-refractivity contribution in [3.8, 4) is 11.3 Å². The Hall–Kier alpha value is -3.06. The van der Waals surface area contributed by atoms with Gasteiger partial charge in [-0.3, -0.25) is 9.78 Å². The van der Waals surface area contributed by atoms with Gasteiger partial charge in [-0.15, -0.1) is 0 Å². The number of aromatic nitrogens is 1. The third-order valence-corrected chi connectivity index (χ3v) is 5.53. The van der Waals surface area contributed by atoms with E-state index in [2.05, 4.69) is 9.88 Å². The fourth-order valence-electron chi connectivity index (χ4n) is 3.60. The van der Waals surface area contributed by atoms with Gasteiger partial charge in [0, 0.05) is 54.2 Å². The number of alkyl halides is 3.